The van der Waals surface area contributed by atoms with Crippen LogP contribution in [0.25, 0.3) is 0 Å². The van der Waals surface area contributed by atoms with Gasteiger partial charge in [0.05, 0.1) is 5.75 Å². The minimum absolute atomic E-state index is 0.146. The van der Waals surface area contributed by atoms with E-state index in [0.717, 1.165) is 17.7 Å². The molecule has 0 radical (unpaired) electrons. The number of carbonyl (C=O) groups is 1. The maximum Gasteiger partial charge on any atom is 0.230 e. The maximum atomic E-state index is 12.0. The van der Waals surface area contributed by atoms with Crippen LogP contribution in [0.1, 0.15) is 25.7 Å². The summed E-state index contributed by atoms with van der Waals surface area (Å²) in [6.45, 7) is 0. The van der Waals surface area contributed by atoms with Gasteiger partial charge < -0.3 is 10.6 Å². The van der Waals surface area contributed by atoms with E-state index in [1.165, 1.54) is 12.8 Å². The van der Waals surface area contributed by atoms with Crippen molar-refractivity contribution in [3.05, 3.63) is 24.5 Å². The van der Waals surface area contributed by atoms with Gasteiger partial charge in [0.25, 0.3) is 0 Å². The highest BCUT2D eigenvalue weighted by Crippen LogP contribution is 2.26. The Balaban J connectivity index is 1.44. The van der Waals surface area contributed by atoms with Gasteiger partial charge in [-0.1, -0.05) is 0 Å². The van der Waals surface area contributed by atoms with Crippen molar-refractivity contribution in [1.29, 1.82) is 0 Å². The monoisotopic (exact) mass is 277 g/mol. The van der Waals surface area contributed by atoms with Gasteiger partial charge in [0.2, 0.25) is 5.91 Å². The number of amides is 1. The predicted octanol–water partition coefficient (Wildman–Crippen LogP) is 1.57. The molecule has 2 atom stereocenters. The van der Waals surface area contributed by atoms with Gasteiger partial charge in [-0.3, -0.25) is 9.78 Å². The van der Waals surface area contributed by atoms with Crippen LogP contribution in [-0.2, 0) is 4.79 Å². The Morgan fingerprint density at radius 1 is 1.32 bits per heavy atom. The molecule has 0 saturated carbocycles. The van der Waals surface area contributed by atoms with Crippen molar-refractivity contribution in [3.63, 3.8) is 0 Å². The van der Waals surface area contributed by atoms with Crippen LogP contribution in [0.3, 0.4) is 0 Å². The first kappa shape index (κ1) is 12.9. The van der Waals surface area contributed by atoms with Crippen LogP contribution in [0.4, 0.5) is 0 Å². The normalized spacial score (nSPS) is 29.2. The van der Waals surface area contributed by atoms with Gasteiger partial charge in [0.1, 0.15) is 0 Å². The molecule has 1 aromatic heterocycles. The Morgan fingerprint density at radius 2 is 2.00 bits per heavy atom. The Hall–Kier alpha value is -1.07. The smallest absolute Gasteiger partial charge is 0.230 e. The molecule has 2 bridgehead atoms. The molecule has 2 aliphatic heterocycles. The zero-order valence-electron chi connectivity index (χ0n) is 10.8. The molecule has 0 aromatic carbocycles. The number of pyridine rings is 1. The van der Waals surface area contributed by atoms with E-state index >= 15 is 0 Å². The summed E-state index contributed by atoms with van der Waals surface area (Å²) >= 11 is 1.57. The molecule has 5 heteroatoms. The Kier molecular flexibility index (Phi) is 4.03. The molecule has 0 aliphatic carbocycles. The van der Waals surface area contributed by atoms with E-state index in [-0.39, 0.29) is 5.91 Å². The number of carbonyl (C=O) groups excluding carboxylic acids is 1. The molecule has 1 amide bonds. The highest BCUT2D eigenvalue weighted by Gasteiger charge is 2.33. The van der Waals surface area contributed by atoms with Crippen LogP contribution in [0.5, 0.6) is 0 Å². The highest BCUT2D eigenvalue weighted by molar-refractivity contribution is 8.00. The molecular weight excluding hydrogens is 258 g/mol. The molecule has 2 saturated heterocycles. The minimum Gasteiger partial charge on any atom is -0.353 e. The van der Waals surface area contributed by atoms with Crippen molar-refractivity contribution in [2.45, 2.75) is 48.7 Å². The number of nitrogens with one attached hydrogen (secondary N) is 2. The topological polar surface area (TPSA) is 54.0 Å². The summed E-state index contributed by atoms with van der Waals surface area (Å²) in [5.41, 5.74) is 0. The van der Waals surface area contributed by atoms with Crippen LogP contribution in [0, 0.1) is 0 Å². The molecular formula is C14H19N3OS. The third-order valence-electron chi connectivity index (χ3n) is 3.86. The van der Waals surface area contributed by atoms with Gasteiger partial charge in [-0.15, -0.1) is 11.8 Å². The third kappa shape index (κ3) is 3.48. The summed E-state index contributed by atoms with van der Waals surface area (Å²) in [6, 6.07) is 5.48. The van der Waals surface area contributed by atoms with Crippen molar-refractivity contribution in [3.8, 4) is 0 Å². The second kappa shape index (κ2) is 5.92. The largest absolute Gasteiger partial charge is 0.353 e. The molecule has 2 unspecified atom stereocenters. The van der Waals surface area contributed by atoms with Crippen molar-refractivity contribution in [2.75, 3.05) is 5.75 Å². The van der Waals surface area contributed by atoms with Crippen LogP contribution in [-0.4, -0.2) is 34.8 Å². The lowest BCUT2D eigenvalue weighted by molar-refractivity contribution is -0.119. The van der Waals surface area contributed by atoms with Gasteiger partial charge >= 0.3 is 0 Å². The second-order valence-electron chi connectivity index (χ2n) is 5.35. The molecule has 19 heavy (non-hydrogen) atoms. The van der Waals surface area contributed by atoms with E-state index in [9.17, 15) is 4.79 Å². The summed E-state index contributed by atoms with van der Waals surface area (Å²) in [5, 5.41) is 6.76. The number of thioether (sulfide) groups is 1. The second-order valence-corrected chi connectivity index (χ2v) is 6.39. The summed E-state index contributed by atoms with van der Waals surface area (Å²) in [6.07, 6.45) is 8.21. The van der Waals surface area contributed by atoms with Crippen LogP contribution in [0.15, 0.2) is 29.4 Å². The lowest BCUT2D eigenvalue weighted by Gasteiger charge is -2.29. The van der Waals surface area contributed by atoms with Gasteiger partial charge in [0.15, 0.2) is 0 Å². The van der Waals surface area contributed by atoms with E-state index in [1.807, 2.05) is 12.1 Å². The number of rotatable bonds is 4. The Bertz CT molecular complexity index is 428. The van der Waals surface area contributed by atoms with Crippen molar-refractivity contribution < 1.29 is 4.79 Å². The van der Waals surface area contributed by atoms with Crippen LogP contribution in [0.2, 0.25) is 0 Å². The molecule has 2 fully saturated rings. The quantitative estimate of drug-likeness (QED) is 0.820. The van der Waals surface area contributed by atoms with Crippen molar-refractivity contribution in [2.24, 2.45) is 0 Å². The minimum atomic E-state index is 0.146. The van der Waals surface area contributed by atoms with Gasteiger partial charge in [-0.05, 0) is 37.8 Å². The number of fused-ring (bicyclic) bond motifs is 2. The van der Waals surface area contributed by atoms with Gasteiger partial charge in [-0.25, -0.2) is 0 Å². The van der Waals surface area contributed by atoms with E-state index < -0.39 is 0 Å². The number of hydrogen-bond acceptors (Lipinski definition) is 4. The molecule has 4 nitrogen and oxygen atoms in total. The maximum absolute atomic E-state index is 12.0. The molecule has 2 N–H and O–H groups in total. The summed E-state index contributed by atoms with van der Waals surface area (Å²) < 4.78 is 0. The fraction of sp³-hybridized carbons (Fsp3) is 0.571. The fourth-order valence-corrected chi connectivity index (χ4v) is 3.72. The molecule has 2 aliphatic rings. The average Bonchev–Trinajstić information content (AvgIpc) is 2.77. The summed E-state index contributed by atoms with van der Waals surface area (Å²) in [5.74, 6) is 0.636. The van der Waals surface area contributed by atoms with E-state index in [2.05, 4.69) is 15.6 Å². The SMILES string of the molecule is O=C(CSc1ccncc1)NC1CC2CCC(C1)N2. The van der Waals surface area contributed by atoms with Crippen molar-refractivity contribution >= 4 is 17.7 Å². The predicted molar refractivity (Wildman–Crippen MR) is 76.1 cm³/mol. The van der Waals surface area contributed by atoms with Crippen LogP contribution < -0.4 is 10.6 Å². The van der Waals surface area contributed by atoms with Gasteiger partial charge in [-0.2, -0.15) is 0 Å². The summed E-state index contributed by atoms with van der Waals surface area (Å²) in [7, 11) is 0. The first-order valence-corrected chi connectivity index (χ1v) is 7.86. The van der Waals surface area contributed by atoms with E-state index in [4.69, 9.17) is 0 Å². The molecule has 1 aromatic rings. The third-order valence-corrected chi connectivity index (χ3v) is 4.87. The molecule has 102 valence electrons. The lowest BCUT2D eigenvalue weighted by Crippen LogP contribution is -2.48. The number of nitrogens with zero attached hydrogens (tertiary/aromatic N) is 1. The highest BCUT2D eigenvalue weighted by atomic mass is 32.2. The van der Waals surface area contributed by atoms with E-state index in [1.54, 1.807) is 24.2 Å². The average molecular weight is 277 g/mol. The number of aromatic nitrogens is 1. The molecule has 3 heterocycles. The van der Waals surface area contributed by atoms with Gasteiger partial charge in [0, 0.05) is 35.4 Å². The molecule has 0 spiro atoms. The lowest BCUT2D eigenvalue weighted by atomic mass is 10.00. The zero-order chi connectivity index (χ0) is 13.1. The Labute approximate surface area is 117 Å². The Morgan fingerprint density at radius 3 is 2.68 bits per heavy atom. The number of hydrogen-bond donors (Lipinski definition) is 2. The zero-order valence-corrected chi connectivity index (χ0v) is 11.7. The first-order valence-electron chi connectivity index (χ1n) is 6.88. The van der Waals surface area contributed by atoms with Crippen molar-refractivity contribution in [1.82, 2.24) is 15.6 Å². The molecule has 3 rings (SSSR count). The number of piperidine rings is 1. The summed E-state index contributed by atoms with van der Waals surface area (Å²) in [4.78, 5) is 17.0. The van der Waals surface area contributed by atoms with Crippen LogP contribution >= 0.6 is 11.8 Å². The standard InChI is InChI=1S/C14H19N3OS/c18-14(9-19-13-3-5-15-6-4-13)17-12-7-10-1-2-11(8-12)16-10/h3-6,10-12,16H,1-2,7-9H2,(H,17,18). The first-order chi connectivity index (χ1) is 9.29. The fourth-order valence-electron chi connectivity index (χ4n) is 3.03. The van der Waals surface area contributed by atoms with E-state index in [0.29, 0.717) is 23.9 Å².